The number of hydrogen-bond acceptors (Lipinski definition) is 6. The van der Waals surface area contributed by atoms with E-state index in [1.165, 1.54) is 6.26 Å². The van der Waals surface area contributed by atoms with Crippen LogP contribution in [0.1, 0.15) is 26.6 Å². The van der Waals surface area contributed by atoms with Gasteiger partial charge in [-0.05, 0) is 32.9 Å². The maximum atomic E-state index is 10.9. The average Bonchev–Trinajstić information content (AvgIpc) is 2.95. The predicted octanol–water partition coefficient (Wildman–Crippen LogP) is 2.01. The SMILES string of the molecule is CC(C)(C)N(CC(=O)O)Cc1noc(-c2ccco2)n1. The van der Waals surface area contributed by atoms with Gasteiger partial charge in [0.2, 0.25) is 0 Å². The van der Waals surface area contributed by atoms with Crippen molar-refractivity contribution < 1.29 is 18.8 Å². The van der Waals surface area contributed by atoms with Crippen LogP contribution in [0.5, 0.6) is 0 Å². The van der Waals surface area contributed by atoms with Crippen LogP contribution in [0.3, 0.4) is 0 Å². The number of nitrogens with zero attached hydrogens (tertiary/aromatic N) is 3. The lowest BCUT2D eigenvalue weighted by Crippen LogP contribution is -2.44. The first-order valence-corrected chi connectivity index (χ1v) is 6.19. The monoisotopic (exact) mass is 279 g/mol. The molecule has 7 nitrogen and oxygen atoms in total. The summed E-state index contributed by atoms with van der Waals surface area (Å²) in [5, 5.41) is 12.8. The minimum Gasteiger partial charge on any atom is -0.480 e. The standard InChI is InChI=1S/C13H17N3O4/c1-13(2,3)16(8-11(17)18)7-10-14-12(20-15-10)9-5-4-6-19-9/h4-6H,7-8H2,1-3H3,(H,17,18). The number of carbonyl (C=O) groups is 1. The first-order chi connectivity index (χ1) is 9.36. The van der Waals surface area contributed by atoms with Gasteiger partial charge < -0.3 is 14.0 Å². The van der Waals surface area contributed by atoms with E-state index in [-0.39, 0.29) is 18.0 Å². The van der Waals surface area contributed by atoms with Crippen LogP contribution in [-0.4, -0.2) is 38.2 Å². The fourth-order valence-electron chi connectivity index (χ4n) is 1.68. The second-order valence-corrected chi connectivity index (χ2v) is 5.41. The highest BCUT2D eigenvalue weighted by Gasteiger charge is 2.25. The summed E-state index contributed by atoms with van der Waals surface area (Å²) in [7, 11) is 0. The molecular formula is C13H17N3O4. The van der Waals surface area contributed by atoms with Gasteiger partial charge in [0.05, 0.1) is 19.4 Å². The molecule has 0 bridgehead atoms. The molecule has 0 radical (unpaired) electrons. The summed E-state index contributed by atoms with van der Waals surface area (Å²) in [6.07, 6.45) is 1.52. The third-order valence-corrected chi connectivity index (χ3v) is 2.81. The Bertz CT molecular complexity index is 569. The van der Waals surface area contributed by atoms with Gasteiger partial charge >= 0.3 is 5.97 Å². The highest BCUT2D eigenvalue weighted by molar-refractivity contribution is 5.69. The van der Waals surface area contributed by atoms with E-state index in [0.717, 1.165) is 0 Å². The molecule has 0 amide bonds. The molecule has 7 heteroatoms. The Morgan fingerprint density at radius 1 is 1.45 bits per heavy atom. The van der Waals surface area contributed by atoms with Gasteiger partial charge in [-0.2, -0.15) is 4.98 Å². The van der Waals surface area contributed by atoms with Gasteiger partial charge in [0, 0.05) is 5.54 Å². The molecule has 0 spiro atoms. The van der Waals surface area contributed by atoms with Crippen molar-refractivity contribution in [1.29, 1.82) is 0 Å². The minimum absolute atomic E-state index is 0.0892. The first-order valence-electron chi connectivity index (χ1n) is 6.19. The Morgan fingerprint density at radius 3 is 2.75 bits per heavy atom. The lowest BCUT2D eigenvalue weighted by molar-refractivity contribution is -0.140. The molecule has 0 aliphatic rings. The van der Waals surface area contributed by atoms with E-state index in [0.29, 0.717) is 18.1 Å². The molecule has 0 saturated carbocycles. The van der Waals surface area contributed by atoms with Crippen molar-refractivity contribution in [3.05, 3.63) is 24.2 Å². The molecule has 2 rings (SSSR count). The van der Waals surface area contributed by atoms with E-state index in [1.807, 2.05) is 20.8 Å². The molecule has 2 heterocycles. The average molecular weight is 279 g/mol. The molecule has 108 valence electrons. The Morgan fingerprint density at radius 2 is 2.20 bits per heavy atom. The second-order valence-electron chi connectivity index (χ2n) is 5.41. The van der Waals surface area contributed by atoms with Crippen molar-refractivity contribution in [2.24, 2.45) is 0 Å². The van der Waals surface area contributed by atoms with Crippen LogP contribution in [0.15, 0.2) is 27.3 Å². The van der Waals surface area contributed by atoms with Crippen molar-refractivity contribution in [1.82, 2.24) is 15.0 Å². The van der Waals surface area contributed by atoms with Crippen LogP contribution in [0.2, 0.25) is 0 Å². The van der Waals surface area contributed by atoms with Crippen molar-refractivity contribution >= 4 is 5.97 Å². The van der Waals surface area contributed by atoms with Gasteiger partial charge in [-0.15, -0.1) is 0 Å². The zero-order valence-corrected chi connectivity index (χ0v) is 11.7. The van der Waals surface area contributed by atoms with Gasteiger partial charge in [-0.3, -0.25) is 9.69 Å². The predicted molar refractivity (Wildman–Crippen MR) is 69.8 cm³/mol. The fourth-order valence-corrected chi connectivity index (χ4v) is 1.68. The number of furan rings is 1. The maximum absolute atomic E-state index is 10.9. The van der Waals surface area contributed by atoms with Crippen LogP contribution >= 0.6 is 0 Å². The summed E-state index contributed by atoms with van der Waals surface area (Å²) in [6, 6.07) is 3.45. The normalized spacial score (nSPS) is 12.0. The van der Waals surface area contributed by atoms with Crippen molar-refractivity contribution in [2.75, 3.05) is 6.54 Å². The van der Waals surface area contributed by atoms with Gasteiger partial charge in [0.15, 0.2) is 11.6 Å². The van der Waals surface area contributed by atoms with Gasteiger partial charge in [0.1, 0.15) is 0 Å². The van der Waals surface area contributed by atoms with Crippen molar-refractivity contribution in [3.8, 4) is 11.7 Å². The highest BCUT2D eigenvalue weighted by atomic mass is 16.5. The number of aliphatic carboxylic acids is 1. The van der Waals surface area contributed by atoms with E-state index in [4.69, 9.17) is 14.0 Å². The lowest BCUT2D eigenvalue weighted by atomic mass is 10.1. The van der Waals surface area contributed by atoms with Gasteiger partial charge in [-0.25, -0.2) is 0 Å². The summed E-state index contributed by atoms with van der Waals surface area (Å²) < 4.78 is 10.3. The molecular weight excluding hydrogens is 262 g/mol. The van der Waals surface area contributed by atoms with Crippen molar-refractivity contribution in [2.45, 2.75) is 32.9 Å². The zero-order chi connectivity index (χ0) is 14.8. The summed E-state index contributed by atoms with van der Waals surface area (Å²) in [4.78, 5) is 16.9. The number of carboxylic acid groups (broad SMARTS) is 1. The third-order valence-electron chi connectivity index (χ3n) is 2.81. The molecule has 0 aliphatic carbocycles. The van der Waals surface area contributed by atoms with E-state index < -0.39 is 5.97 Å². The minimum atomic E-state index is -0.894. The van der Waals surface area contributed by atoms with Crippen LogP contribution in [0.25, 0.3) is 11.7 Å². The number of hydrogen-bond donors (Lipinski definition) is 1. The molecule has 1 N–H and O–H groups in total. The summed E-state index contributed by atoms with van der Waals surface area (Å²) in [5.74, 6) is 0.306. The smallest absolute Gasteiger partial charge is 0.317 e. The van der Waals surface area contributed by atoms with E-state index in [2.05, 4.69) is 10.1 Å². The zero-order valence-electron chi connectivity index (χ0n) is 11.7. The molecule has 0 aromatic carbocycles. The van der Waals surface area contributed by atoms with Crippen LogP contribution in [0, 0.1) is 0 Å². The lowest BCUT2D eigenvalue weighted by Gasteiger charge is -2.33. The Balaban J connectivity index is 2.13. The molecule has 0 unspecified atom stereocenters. The Kier molecular flexibility index (Phi) is 3.89. The maximum Gasteiger partial charge on any atom is 0.317 e. The summed E-state index contributed by atoms with van der Waals surface area (Å²) in [5.41, 5.74) is -0.316. The Labute approximate surface area is 116 Å². The molecule has 2 aromatic rings. The van der Waals surface area contributed by atoms with E-state index >= 15 is 0 Å². The molecule has 0 aliphatic heterocycles. The van der Waals surface area contributed by atoms with E-state index in [9.17, 15) is 4.79 Å². The van der Waals surface area contributed by atoms with E-state index in [1.54, 1.807) is 17.0 Å². The number of rotatable bonds is 5. The molecule has 20 heavy (non-hydrogen) atoms. The van der Waals surface area contributed by atoms with Crippen LogP contribution in [0.4, 0.5) is 0 Å². The number of aromatic nitrogens is 2. The van der Waals surface area contributed by atoms with Gasteiger partial charge in [0.25, 0.3) is 5.89 Å². The number of carboxylic acids is 1. The summed E-state index contributed by atoms with van der Waals surface area (Å²) >= 11 is 0. The van der Waals surface area contributed by atoms with Crippen LogP contribution in [-0.2, 0) is 11.3 Å². The molecule has 2 aromatic heterocycles. The van der Waals surface area contributed by atoms with Crippen molar-refractivity contribution in [3.63, 3.8) is 0 Å². The topological polar surface area (TPSA) is 92.6 Å². The van der Waals surface area contributed by atoms with Gasteiger partial charge in [-0.1, -0.05) is 5.16 Å². The summed E-state index contributed by atoms with van der Waals surface area (Å²) in [6.45, 7) is 6.00. The fraction of sp³-hybridized carbons (Fsp3) is 0.462. The Hall–Kier alpha value is -2.15. The van der Waals surface area contributed by atoms with Crippen LogP contribution < -0.4 is 0 Å². The third kappa shape index (κ3) is 3.45. The first kappa shape index (κ1) is 14.3. The molecule has 0 saturated heterocycles. The highest BCUT2D eigenvalue weighted by Crippen LogP contribution is 2.20. The molecule has 0 fully saturated rings. The quantitative estimate of drug-likeness (QED) is 0.894. The second kappa shape index (κ2) is 5.46. The largest absolute Gasteiger partial charge is 0.480 e. The molecule has 0 atom stereocenters.